The summed E-state index contributed by atoms with van der Waals surface area (Å²) in [6.45, 7) is 0.0208. The summed E-state index contributed by atoms with van der Waals surface area (Å²) in [6.07, 6.45) is 2.88. The van der Waals surface area contributed by atoms with E-state index in [-0.39, 0.29) is 6.54 Å². The van der Waals surface area contributed by atoms with E-state index in [4.69, 9.17) is 16.9 Å². The van der Waals surface area contributed by atoms with Gasteiger partial charge in [0, 0.05) is 19.4 Å². The van der Waals surface area contributed by atoms with Crippen LogP contribution in [0, 0.1) is 11.3 Å². The Balaban J connectivity index is 3.15. The molecule has 1 heterocycles. The molecule has 0 bridgehead atoms. The van der Waals surface area contributed by atoms with E-state index in [0.717, 1.165) is 4.57 Å². The summed E-state index contributed by atoms with van der Waals surface area (Å²) in [5.74, 6) is 0. The fourth-order valence-electron chi connectivity index (χ4n) is 0.947. The van der Waals surface area contributed by atoms with Gasteiger partial charge in [-0.2, -0.15) is 5.26 Å². The number of nitriles is 1. The van der Waals surface area contributed by atoms with Crippen molar-refractivity contribution in [2.45, 2.75) is 11.9 Å². The highest BCUT2D eigenvalue weighted by atomic mass is 35.5. The summed E-state index contributed by atoms with van der Waals surface area (Å²) in [4.78, 5) is 22.5. The first-order valence-electron chi connectivity index (χ1n) is 3.86. The number of aryl methyl sites for hydroxylation is 1. The van der Waals surface area contributed by atoms with Crippen molar-refractivity contribution in [3.8, 4) is 6.07 Å². The molecule has 0 saturated carbocycles. The number of rotatable bonds is 2. The monoisotopic (exact) mass is 213 g/mol. The first-order valence-corrected chi connectivity index (χ1v) is 4.29. The average Bonchev–Trinajstić information content (AvgIpc) is 2.19. The highest BCUT2D eigenvalue weighted by Crippen LogP contribution is 1.95. The minimum atomic E-state index is -0.806. The standard InChI is InChI=1S/C8H8ClN3O2/c1-11-2-3-12(5-6(9)4-10)8(14)7(11)13/h2-3,6H,5H2,1H3. The number of aromatic nitrogens is 2. The Morgan fingerprint density at radius 1 is 1.50 bits per heavy atom. The normalized spacial score (nSPS) is 12.1. The van der Waals surface area contributed by atoms with Crippen molar-refractivity contribution in [3.63, 3.8) is 0 Å². The second kappa shape index (κ2) is 4.11. The lowest BCUT2D eigenvalue weighted by Gasteiger charge is -2.05. The van der Waals surface area contributed by atoms with Crippen molar-refractivity contribution in [2.24, 2.45) is 7.05 Å². The molecule has 0 aliphatic heterocycles. The van der Waals surface area contributed by atoms with E-state index in [1.54, 1.807) is 6.07 Å². The molecule has 0 spiro atoms. The number of hydrogen-bond acceptors (Lipinski definition) is 3. The second-order valence-electron chi connectivity index (χ2n) is 2.77. The minimum absolute atomic E-state index is 0.0208. The number of halogens is 1. The molecule has 0 aliphatic carbocycles. The molecule has 0 radical (unpaired) electrons. The largest absolute Gasteiger partial charge is 0.316 e. The van der Waals surface area contributed by atoms with Gasteiger partial charge in [0.2, 0.25) is 0 Å². The minimum Gasteiger partial charge on any atom is -0.312 e. The van der Waals surface area contributed by atoms with Gasteiger partial charge in [-0.15, -0.1) is 11.6 Å². The maximum atomic E-state index is 11.3. The smallest absolute Gasteiger partial charge is 0.312 e. The SMILES string of the molecule is Cn1ccn(CC(Cl)C#N)c(=O)c1=O. The number of hydrogen-bond donors (Lipinski definition) is 0. The fourth-order valence-corrected chi connectivity index (χ4v) is 1.10. The molecule has 0 aromatic carbocycles. The highest BCUT2D eigenvalue weighted by molar-refractivity contribution is 6.22. The van der Waals surface area contributed by atoms with Crippen LogP contribution in [-0.4, -0.2) is 14.5 Å². The Morgan fingerprint density at radius 3 is 2.71 bits per heavy atom. The van der Waals surface area contributed by atoms with Crippen LogP contribution in [0.2, 0.25) is 0 Å². The third kappa shape index (κ3) is 2.03. The van der Waals surface area contributed by atoms with Gasteiger partial charge in [-0.05, 0) is 0 Å². The van der Waals surface area contributed by atoms with Crippen molar-refractivity contribution in [3.05, 3.63) is 33.1 Å². The molecule has 0 amide bonds. The summed E-state index contributed by atoms with van der Waals surface area (Å²) in [6, 6.07) is 1.77. The van der Waals surface area contributed by atoms with Gasteiger partial charge in [0.1, 0.15) is 5.38 Å². The zero-order valence-corrected chi connectivity index (χ0v) is 8.23. The first kappa shape index (κ1) is 10.5. The van der Waals surface area contributed by atoms with Crippen LogP contribution in [0.1, 0.15) is 0 Å². The summed E-state index contributed by atoms with van der Waals surface area (Å²) in [5.41, 5.74) is -1.30. The maximum Gasteiger partial charge on any atom is 0.316 e. The molecule has 0 saturated heterocycles. The number of alkyl halides is 1. The second-order valence-corrected chi connectivity index (χ2v) is 3.30. The van der Waals surface area contributed by atoms with Crippen LogP contribution in [0.4, 0.5) is 0 Å². The third-order valence-electron chi connectivity index (χ3n) is 1.73. The lowest BCUT2D eigenvalue weighted by Crippen LogP contribution is -2.40. The van der Waals surface area contributed by atoms with Crippen molar-refractivity contribution in [1.29, 1.82) is 5.26 Å². The van der Waals surface area contributed by atoms with Crippen LogP contribution in [-0.2, 0) is 13.6 Å². The summed E-state index contributed by atoms with van der Waals surface area (Å²) < 4.78 is 2.30. The predicted molar refractivity (Wildman–Crippen MR) is 51.2 cm³/mol. The van der Waals surface area contributed by atoms with Crippen molar-refractivity contribution < 1.29 is 0 Å². The summed E-state index contributed by atoms with van der Waals surface area (Å²) in [5, 5.41) is 7.62. The molecule has 0 N–H and O–H groups in total. The van der Waals surface area contributed by atoms with E-state index < -0.39 is 16.5 Å². The van der Waals surface area contributed by atoms with E-state index in [2.05, 4.69) is 0 Å². The third-order valence-corrected chi connectivity index (χ3v) is 1.97. The van der Waals surface area contributed by atoms with Gasteiger partial charge in [-0.3, -0.25) is 9.59 Å². The van der Waals surface area contributed by atoms with Crippen LogP contribution < -0.4 is 11.1 Å². The molecular weight excluding hydrogens is 206 g/mol. The highest BCUT2D eigenvalue weighted by Gasteiger charge is 2.07. The molecule has 5 nitrogen and oxygen atoms in total. The van der Waals surface area contributed by atoms with Crippen LogP contribution in [0.3, 0.4) is 0 Å². The Hall–Kier alpha value is -1.54. The van der Waals surface area contributed by atoms with E-state index in [0.29, 0.717) is 0 Å². The van der Waals surface area contributed by atoms with Gasteiger partial charge in [0.25, 0.3) is 0 Å². The molecule has 74 valence electrons. The molecule has 1 unspecified atom stereocenters. The Morgan fingerprint density at radius 2 is 2.14 bits per heavy atom. The zero-order valence-electron chi connectivity index (χ0n) is 7.48. The van der Waals surface area contributed by atoms with E-state index in [1.807, 2.05) is 0 Å². The molecule has 1 aromatic heterocycles. The molecule has 1 rings (SSSR count). The lowest BCUT2D eigenvalue weighted by atomic mass is 10.4. The van der Waals surface area contributed by atoms with Crippen molar-refractivity contribution in [2.75, 3.05) is 0 Å². The lowest BCUT2D eigenvalue weighted by molar-refractivity contribution is 0.651. The summed E-state index contributed by atoms with van der Waals surface area (Å²) in [7, 11) is 1.48. The van der Waals surface area contributed by atoms with Crippen LogP contribution in [0.15, 0.2) is 22.0 Å². The van der Waals surface area contributed by atoms with Gasteiger partial charge < -0.3 is 9.13 Å². The van der Waals surface area contributed by atoms with Gasteiger partial charge >= 0.3 is 11.1 Å². The predicted octanol–water partition coefficient (Wildman–Crippen LogP) is -0.322. The average molecular weight is 214 g/mol. The van der Waals surface area contributed by atoms with Crippen LogP contribution in [0.5, 0.6) is 0 Å². The maximum absolute atomic E-state index is 11.3. The quantitative estimate of drug-likeness (QED) is 0.499. The molecule has 0 aliphatic rings. The van der Waals surface area contributed by atoms with Crippen molar-refractivity contribution in [1.82, 2.24) is 9.13 Å². The Kier molecular flexibility index (Phi) is 3.10. The van der Waals surface area contributed by atoms with Crippen LogP contribution >= 0.6 is 11.6 Å². The van der Waals surface area contributed by atoms with E-state index >= 15 is 0 Å². The van der Waals surface area contributed by atoms with E-state index in [1.165, 1.54) is 24.0 Å². The molecule has 0 fully saturated rings. The first-order chi connectivity index (χ1) is 6.56. The van der Waals surface area contributed by atoms with Crippen molar-refractivity contribution >= 4 is 11.6 Å². The fraction of sp³-hybridized carbons (Fsp3) is 0.375. The van der Waals surface area contributed by atoms with Gasteiger partial charge in [0.05, 0.1) is 12.6 Å². The molecule has 14 heavy (non-hydrogen) atoms. The van der Waals surface area contributed by atoms with Gasteiger partial charge in [0.15, 0.2) is 0 Å². The molecular formula is C8H8ClN3O2. The molecule has 1 aromatic rings. The topological polar surface area (TPSA) is 67.8 Å². The Labute approximate surface area is 84.8 Å². The number of nitrogens with zero attached hydrogens (tertiary/aromatic N) is 3. The Bertz CT molecular complexity index is 483. The van der Waals surface area contributed by atoms with Gasteiger partial charge in [-0.1, -0.05) is 0 Å². The summed E-state index contributed by atoms with van der Waals surface area (Å²) >= 11 is 5.53. The van der Waals surface area contributed by atoms with E-state index in [9.17, 15) is 9.59 Å². The van der Waals surface area contributed by atoms with Gasteiger partial charge in [-0.25, -0.2) is 0 Å². The molecule has 1 atom stereocenters. The zero-order chi connectivity index (χ0) is 10.7. The molecule has 6 heteroatoms. The van der Waals surface area contributed by atoms with Crippen LogP contribution in [0.25, 0.3) is 0 Å².